The van der Waals surface area contributed by atoms with Crippen molar-refractivity contribution in [1.29, 1.82) is 0 Å². The number of nitrogens with one attached hydrogen (secondary N) is 1. The lowest BCUT2D eigenvalue weighted by molar-refractivity contribution is 0.610. The molecule has 0 radical (unpaired) electrons. The highest BCUT2D eigenvalue weighted by molar-refractivity contribution is 7.84. The van der Waals surface area contributed by atoms with Crippen LogP contribution in [0.3, 0.4) is 0 Å². The van der Waals surface area contributed by atoms with Crippen molar-refractivity contribution in [3.05, 3.63) is 24.2 Å². The van der Waals surface area contributed by atoms with E-state index >= 15 is 0 Å². The molecule has 0 spiro atoms. The van der Waals surface area contributed by atoms with Gasteiger partial charge in [0.05, 0.1) is 45.4 Å². The Kier molecular flexibility index (Phi) is 4.78. The minimum absolute atomic E-state index is 0.0658. The van der Waals surface area contributed by atoms with Crippen LogP contribution >= 0.6 is 0 Å². The maximum atomic E-state index is 12.2. The van der Waals surface area contributed by atoms with Crippen molar-refractivity contribution >= 4 is 21.9 Å². The molecule has 2 aromatic rings. The molecule has 2 heterocycles. The fraction of sp³-hybridized carbons (Fsp3) is 0.600. The van der Waals surface area contributed by atoms with E-state index in [1.807, 2.05) is 50.8 Å². The number of hydrogen-bond acceptors (Lipinski definition) is 3. The smallest absolute Gasteiger partial charge is 0.0976 e. The molecule has 0 aromatic carbocycles. The maximum Gasteiger partial charge on any atom is 0.0976 e. The first-order valence-corrected chi connectivity index (χ1v) is 8.47. The molecule has 0 amide bonds. The molecule has 21 heavy (non-hydrogen) atoms. The highest BCUT2D eigenvalue weighted by Gasteiger charge is 2.22. The molecular formula is C15H24N4OS. The standard InChI is InChI=1S/C15H24N4OS/c1-6-7-19-14-10-16-13(8-12(14)9-17-19)11(2)18-21(20)15(3,4)5/h8-11,18H,6-7H2,1-5H3/t11-,21-/m1/s1. The lowest BCUT2D eigenvalue weighted by atomic mass is 10.2. The SMILES string of the molecule is CCCn1ncc2cc([C@@H](C)N[S@](=O)C(C)(C)C)ncc21. The van der Waals surface area contributed by atoms with Gasteiger partial charge in [0.15, 0.2) is 0 Å². The Bertz CT molecular complexity index is 645. The minimum atomic E-state index is -1.11. The fourth-order valence-electron chi connectivity index (χ4n) is 2.02. The van der Waals surface area contributed by atoms with Gasteiger partial charge in [0.1, 0.15) is 0 Å². The zero-order valence-corrected chi connectivity index (χ0v) is 14.2. The van der Waals surface area contributed by atoms with Gasteiger partial charge in [0.25, 0.3) is 0 Å². The van der Waals surface area contributed by atoms with Crippen molar-refractivity contribution in [2.75, 3.05) is 0 Å². The summed E-state index contributed by atoms with van der Waals surface area (Å²) in [6.45, 7) is 10.9. The zero-order chi connectivity index (χ0) is 15.6. The second-order valence-corrected chi connectivity index (χ2v) is 8.25. The van der Waals surface area contributed by atoms with Crippen LogP contribution in [0.25, 0.3) is 10.9 Å². The highest BCUT2D eigenvalue weighted by atomic mass is 32.2. The summed E-state index contributed by atoms with van der Waals surface area (Å²) in [4.78, 5) is 4.50. The van der Waals surface area contributed by atoms with Gasteiger partial charge in [0, 0.05) is 11.9 Å². The van der Waals surface area contributed by atoms with Crippen LogP contribution in [0.15, 0.2) is 18.5 Å². The fourth-order valence-corrected chi connectivity index (χ4v) is 2.81. The molecule has 0 aliphatic carbocycles. The first kappa shape index (κ1) is 16.1. The van der Waals surface area contributed by atoms with E-state index in [1.54, 1.807) is 0 Å². The third-order valence-electron chi connectivity index (χ3n) is 3.27. The first-order chi connectivity index (χ1) is 9.82. The Hall–Kier alpha value is -1.27. The van der Waals surface area contributed by atoms with Crippen molar-refractivity contribution in [3.63, 3.8) is 0 Å². The van der Waals surface area contributed by atoms with Gasteiger partial charge in [-0.1, -0.05) is 6.92 Å². The predicted molar refractivity (Wildman–Crippen MR) is 87.3 cm³/mol. The Morgan fingerprint density at radius 3 is 2.71 bits per heavy atom. The lowest BCUT2D eigenvalue weighted by Crippen LogP contribution is -2.35. The van der Waals surface area contributed by atoms with Gasteiger partial charge >= 0.3 is 0 Å². The summed E-state index contributed by atoms with van der Waals surface area (Å²) >= 11 is 0. The summed E-state index contributed by atoms with van der Waals surface area (Å²) in [5, 5.41) is 5.45. The number of nitrogens with zero attached hydrogens (tertiary/aromatic N) is 3. The Labute approximate surface area is 128 Å². The van der Waals surface area contributed by atoms with Gasteiger partial charge in [-0.25, -0.2) is 8.93 Å². The summed E-state index contributed by atoms with van der Waals surface area (Å²) in [6, 6.07) is 1.95. The van der Waals surface area contributed by atoms with Crippen molar-refractivity contribution in [1.82, 2.24) is 19.5 Å². The van der Waals surface area contributed by atoms with Gasteiger partial charge in [-0.2, -0.15) is 5.10 Å². The second kappa shape index (κ2) is 6.23. The van der Waals surface area contributed by atoms with E-state index in [-0.39, 0.29) is 10.8 Å². The average molecular weight is 308 g/mol. The van der Waals surface area contributed by atoms with E-state index in [0.717, 1.165) is 29.6 Å². The molecular weight excluding hydrogens is 284 g/mol. The summed E-state index contributed by atoms with van der Waals surface area (Å²) in [7, 11) is -1.11. The molecule has 1 N–H and O–H groups in total. The maximum absolute atomic E-state index is 12.2. The number of aromatic nitrogens is 3. The minimum Gasteiger partial charge on any atom is -0.263 e. The summed E-state index contributed by atoms with van der Waals surface area (Å²) in [6.07, 6.45) is 4.76. The third kappa shape index (κ3) is 3.68. The van der Waals surface area contributed by atoms with Crippen molar-refractivity contribution < 1.29 is 4.21 Å². The van der Waals surface area contributed by atoms with E-state index in [1.165, 1.54) is 0 Å². The average Bonchev–Trinajstić information content (AvgIpc) is 2.80. The molecule has 0 bridgehead atoms. The normalized spacial score (nSPS) is 15.3. The van der Waals surface area contributed by atoms with Crippen molar-refractivity contribution in [3.8, 4) is 0 Å². The van der Waals surface area contributed by atoms with Gasteiger partial charge in [-0.3, -0.25) is 9.67 Å². The van der Waals surface area contributed by atoms with Crippen LogP contribution in [0, 0.1) is 0 Å². The third-order valence-corrected chi connectivity index (χ3v) is 4.95. The van der Waals surface area contributed by atoms with Crippen molar-refractivity contribution in [2.45, 2.75) is 58.4 Å². The molecule has 116 valence electrons. The second-order valence-electron chi connectivity index (χ2n) is 6.26. The molecule has 2 atom stereocenters. The van der Waals surface area contributed by atoms with Gasteiger partial charge in [-0.05, 0) is 40.2 Å². The van der Waals surface area contributed by atoms with Crippen LogP contribution in [0.4, 0.5) is 0 Å². The van der Waals surface area contributed by atoms with E-state index in [2.05, 4.69) is 21.7 Å². The Balaban J connectivity index is 2.21. The van der Waals surface area contributed by atoms with Crippen molar-refractivity contribution in [2.24, 2.45) is 0 Å². The predicted octanol–water partition coefficient (Wildman–Crippen LogP) is 2.95. The van der Waals surface area contributed by atoms with Crippen LogP contribution in [-0.2, 0) is 17.5 Å². The van der Waals surface area contributed by atoms with E-state index in [4.69, 9.17) is 0 Å². The summed E-state index contributed by atoms with van der Waals surface area (Å²) in [5.41, 5.74) is 1.93. The Morgan fingerprint density at radius 1 is 1.38 bits per heavy atom. The van der Waals surface area contributed by atoms with Crippen LogP contribution in [0.1, 0.15) is 52.8 Å². The lowest BCUT2D eigenvalue weighted by Gasteiger charge is -2.21. The quantitative estimate of drug-likeness (QED) is 0.924. The van der Waals surface area contributed by atoms with Gasteiger partial charge in [0.2, 0.25) is 0 Å². The number of fused-ring (bicyclic) bond motifs is 1. The number of hydrogen-bond donors (Lipinski definition) is 1. The van der Waals surface area contributed by atoms with E-state index < -0.39 is 11.0 Å². The number of pyridine rings is 1. The van der Waals surface area contributed by atoms with E-state index in [9.17, 15) is 4.21 Å². The van der Waals surface area contributed by atoms with Gasteiger partial charge in [-0.15, -0.1) is 0 Å². The largest absolute Gasteiger partial charge is 0.263 e. The van der Waals surface area contributed by atoms with Crippen LogP contribution < -0.4 is 4.72 Å². The molecule has 0 saturated heterocycles. The Morgan fingerprint density at radius 2 is 2.10 bits per heavy atom. The van der Waals surface area contributed by atoms with Gasteiger partial charge < -0.3 is 0 Å². The topological polar surface area (TPSA) is 59.8 Å². The highest BCUT2D eigenvalue weighted by Crippen LogP contribution is 2.20. The molecule has 0 saturated carbocycles. The number of aryl methyl sites for hydroxylation is 1. The number of rotatable bonds is 5. The molecule has 6 heteroatoms. The van der Waals surface area contributed by atoms with Crippen LogP contribution in [0.5, 0.6) is 0 Å². The first-order valence-electron chi connectivity index (χ1n) is 7.32. The molecule has 5 nitrogen and oxygen atoms in total. The molecule has 0 fully saturated rings. The zero-order valence-electron chi connectivity index (χ0n) is 13.4. The monoisotopic (exact) mass is 308 g/mol. The van der Waals surface area contributed by atoms with E-state index in [0.29, 0.717) is 0 Å². The van der Waals surface area contributed by atoms with Crippen LogP contribution in [0.2, 0.25) is 0 Å². The molecule has 0 unspecified atom stereocenters. The van der Waals surface area contributed by atoms with Crippen LogP contribution in [-0.4, -0.2) is 23.7 Å². The summed E-state index contributed by atoms with van der Waals surface area (Å²) in [5.74, 6) is 0. The molecule has 0 aliphatic rings. The summed E-state index contributed by atoms with van der Waals surface area (Å²) < 4.78 is 17.0. The molecule has 0 aliphatic heterocycles. The molecule has 2 aromatic heterocycles. The molecule has 2 rings (SSSR count).